The number of hydrogen-bond donors (Lipinski definition) is 2. The van der Waals surface area contributed by atoms with E-state index < -0.39 is 5.97 Å². The van der Waals surface area contributed by atoms with Crippen molar-refractivity contribution in [3.8, 4) is 11.5 Å². The van der Waals surface area contributed by atoms with Gasteiger partial charge in [-0.3, -0.25) is 0 Å². The molecule has 0 atom stereocenters. The van der Waals surface area contributed by atoms with E-state index in [0.717, 1.165) is 0 Å². The summed E-state index contributed by atoms with van der Waals surface area (Å²) in [6, 6.07) is 2.65. The van der Waals surface area contributed by atoms with Crippen LogP contribution in [0.25, 0.3) is 0 Å². The summed E-state index contributed by atoms with van der Waals surface area (Å²) < 4.78 is 10.3. The molecule has 0 aromatic heterocycles. The number of carbonyl (C=O) groups is 1. The maximum atomic E-state index is 10.8. The van der Waals surface area contributed by atoms with E-state index in [1.54, 1.807) is 0 Å². The van der Waals surface area contributed by atoms with Gasteiger partial charge in [-0.25, -0.2) is 4.79 Å². The minimum atomic E-state index is -1.08. The van der Waals surface area contributed by atoms with Gasteiger partial charge in [-0.05, 0) is 12.1 Å². The number of hydrogen-bond acceptors (Lipinski definition) is 4. The highest BCUT2D eigenvalue weighted by molar-refractivity contribution is 6.32. The lowest BCUT2D eigenvalue weighted by atomic mass is 10.2. The number of methoxy groups -OCH3 is 1. The summed E-state index contributed by atoms with van der Waals surface area (Å²) in [6.45, 7) is 0.614. The molecule has 0 aliphatic carbocycles. The Morgan fingerprint density at radius 3 is 2.75 bits per heavy atom. The van der Waals surface area contributed by atoms with Gasteiger partial charge in [0.2, 0.25) is 0 Å². The molecule has 0 saturated carbocycles. The third kappa shape index (κ3) is 2.77. The van der Waals surface area contributed by atoms with Gasteiger partial charge in [-0.1, -0.05) is 11.6 Å². The Hall–Kier alpha value is -1.46. The minimum Gasteiger partial charge on any atom is -0.493 e. The molecule has 16 heavy (non-hydrogen) atoms. The van der Waals surface area contributed by atoms with Crippen molar-refractivity contribution < 1.29 is 19.4 Å². The summed E-state index contributed by atoms with van der Waals surface area (Å²) in [6.07, 6.45) is 0. The summed E-state index contributed by atoms with van der Waals surface area (Å²) in [5, 5.41) is 9.01. The number of aromatic carboxylic acids is 1. The molecule has 0 radical (unpaired) electrons. The number of carboxylic acid groups (broad SMARTS) is 1. The summed E-state index contributed by atoms with van der Waals surface area (Å²) in [5.41, 5.74) is 5.34. The van der Waals surface area contributed by atoms with E-state index in [9.17, 15) is 4.79 Å². The van der Waals surface area contributed by atoms with Crippen molar-refractivity contribution in [2.45, 2.75) is 0 Å². The average Bonchev–Trinajstić information content (AvgIpc) is 2.26. The molecule has 0 amide bonds. The number of halogens is 1. The highest BCUT2D eigenvalue weighted by atomic mass is 35.5. The van der Waals surface area contributed by atoms with E-state index in [0.29, 0.717) is 12.3 Å². The lowest BCUT2D eigenvalue weighted by Crippen LogP contribution is -2.11. The fraction of sp³-hybridized carbons (Fsp3) is 0.300. The molecule has 1 rings (SSSR count). The topological polar surface area (TPSA) is 81.8 Å². The van der Waals surface area contributed by atoms with E-state index in [1.165, 1.54) is 19.2 Å². The average molecular weight is 246 g/mol. The van der Waals surface area contributed by atoms with Crippen molar-refractivity contribution in [1.82, 2.24) is 0 Å². The maximum Gasteiger partial charge on any atom is 0.335 e. The molecule has 1 aromatic rings. The van der Waals surface area contributed by atoms with E-state index in [2.05, 4.69) is 0 Å². The van der Waals surface area contributed by atoms with E-state index >= 15 is 0 Å². The van der Waals surface area contributed by atoms with Crippen molar-refractivity contribution in [2.24, 2.45) is 5.73 Å². The lowest BCUT2D eigenvalue weighted by molar-refractivity contribution is 0.0696. The minimum absolute atomic E-state index is 0.0435. The van der Waals surface area contributed by atoms with Gasteiger partial charge in [0.15, 0.2) is 11.5 Å². The van der Waals surface area contributed by atoms with Crippen molar-refractivity contribution >= 4 is 17.6 Å². The largest absolute Gasteiger partial charge is 0.493 e. The predicted molar refractivity (Wildman–Crippen MR) is 59.5 cm³/mol. The maximum absolute atomic E-state index is 10.8. The Bertz CT molecular complexity index is 395. The van der Waals surface area contributed by atoms with Crippen LogP contribution in [0.4, 0.5) is 0 Å². The molecule has 3 N–H and O–H groups in total. The first-order chi connectivity index (χ1) is 7.60. The molecule has 88 valence electrons. The summed E-state index contributed by atoms with van der Waals surface area (Å²) in [5.74, 6) is -0.497. The van der Waals surface area contributed by atoms with Crippen LogP contribution >= 0.6 is 11.6 Å². The molecular formula is C10H12ClNO4. The van der Waals surface area contributed by atoms with Gasteiger partial charge in [0.05, 0.1) is 17.7 Å². The van der Waals surface area contributed by atoms with E-state index in [4.69, 9.17) is 31.9 Å². The molecular weight excluding hydrogens is 234 g/mol. The number of rotatable bonds is 5. The highest BCUT2D eigenvalue weighted by Crippen LogP contribution is 2.36. The quantitative estimate of drug-likeness (QED) is 0.819. The third-order valence-corrected chi connectivity index (χ3v) is 2.12. The Morgan fingerprint density at radius 1 is 1.56 bits per heavy atom. The Labute approximate surface area is 97.7 Å². The highest BCUT2D eigenvalue weighted by Gasteiger charge is 2.14. The molecule has 6 heteroatoms. The number of nitrogens with two attached hydrogens (primary N) is 1. The fourth-order valence-electron chi connectivity index (χ4n) is 1.14. The van der Waals surface area contributed by atoms with Gasteiger partial charge in [0.25, 0.3) is 0 Å². The summed E-state index contributed by atoms with van der Waals surface area (Å²) in [7, 11) is 1.41. The van der Waals surface area contributed by atoms with E-state index in [1.807, 2.05) is 0 Å². The number of carboxylic acids is 1. The molecule has 0 bridgehead atoms. The molecule has 0 unspecified atom stereocenters. The van der Waals surface area contributed by atoms with Crippen LogP contribution in [-0.4, -0.2) is 31.3 Å². The van der Waals surface area contributed by atoms with Crippen LogP contribution in [0, 0.1) is 0 Å². The first-order valence-corrected chi connectivity index (χ1v) is 4.91. The molecule has 0 aliphatic rings. The van der Waals surface area contributed by atoms with Crippen LogP contribution in [0.15, 0.2) is 12.1 Å². The Balaban J connectivity index is 3.12. The zero-order valence-electron chi connectivity index (χ0n) is 8.70. The number of benzene rings is 1. The second-order valence-electron chi connectivity index (χ2n) is 2.93. The fourth-order valence-corrected chi connectivity index (χ4v) is 1.41. The van der Waals surface area contributed by atoms with Crippen LogP contribution in [0.5, 0.6) is 11.5 Å². The zero-order valence-corrected chi connectivity index (χ0v) is 9.45. The van der Waals surface area contributed by atoms with Crippen LogP contribution in [-0.2, 0) is 0 Å². The van der Waals surface area contributed by atoms with Crippen LogP contribution in [0.1, 0.15) is 10.4 Å². The SMILES string of the molecule is COc1cc(C(=O)O)cc(Cl)c1OCCN. The van der Waals surface area contributed by atoms with Crippen LogP contribution in [0.3, 0.4) is 0 Å². The van der Waals surface area contributed by atoms with Crippen molar-refractivity contribution in [2.75, 3.05) is 20.3 Å². The van der Waals surface area contributed by atoms with Gasteiger partial charge in [0, 0.05) is 6.54 Å². The molecule has 5 nitrogen and oxygen atoms in total. The standard InChI is InChI=1S/C10H12ClNO4/c1-15-8-5-6(10(13)14)4-7(11)9(8)16-3-2-12/h4-5H,2-3,12H2,1H3,(H,13,14). The van der Waals surface area contributed by atoms with Crippen LogP contribution < -0.4 is 15.2 Å². The second-order valence-corrected chi connectivity index (χ2v) is 3.34. The van der Waals surface area contributed by atoms with Gasteiger partial charge >= 0.3 is 5.97 Å². The van der Waals surface area contributed by atoms with E-state index in [-0.39, 0.29) is 22.9 Å². The first-order valence-electron chi connectivity index (χ1n) is 4.53. The molecule has 0 aliphatic heterocycles. The molecule has 0 heterocycles. The van der Waals surface area contributed by atoms with Gasteiger partial charge in [-0.15, -0.1) is 0 Å². The molecule has 1 aromatic carbocycles. The summed E-state index contributed by atoms with van der Waals surface area (Å²) >= 11 is 5.88. The predicted octanol–water partition coefficient (Wildman–Crippen LogP) is 1.38. The Kier molecular flexibility index (Phi) is 4.39. The first kappa shape index (κ1) is 12.6. The van der Waals surface area contributed by atoms with Gasteiger partial charge in [0.1, 0.15) is 6.61 Å². The zero-order chi connectivity index (χ0) is 12.1. The van der Waals surface area contributed by atoms with Gasteiger partial charge in [-0.2, -0.15) is 0 Å². The van der Waals surface area contributed by atoms with Crippen LogP contribution in [0.2, 0.25) is 5.02 Å². The van der Waals surface area contributed by atoms with Crippen molar-refractivity contribution in [3.63, 3.8) is 0 Å². The molecule has 0 spiro atoms. The molecule has 0 fully saturated rings. The second kappa shape index (κ2) is 5.58. The monoisotopic (exact) mass is 245 g/mol. The number of ether oxygens (including phenoxy) is 2. The lowest BCUT2D eigenvalue weighted by Gasteiger charge is -2.12. The Morgan fingerprint density at radius 2 is 2.25 bits per heavy atom. The third-order valence-electron chi connectivity index (χ3n) is 1.84. The normalized spacial score (nSPS) is 9.94. The van der Waals surface area contributed by atoms with Crippen molar-refractivity contribution in [3.05, 3.63) is 22.7 Å². The van der Waals surface area contributed by atoms with Gasteiger partial charge < -0.3 is 20.3 Å². The summed E-state index contributed by atoms with van der Waals surface area (Å²) in [4.78, 5) is 10.8. The molecule has 0 saturated heterocycles. The smallest absolute Gasteiger partial charge is 0.335 e. The van der Waals surface area contributed by atoms with Crippen molar-refractivity contribution in [1.29, 1.82) is 0 Å².